The molecule has 2 rings (SSSR count). The molecule has 1 N–H and O–H groups in total. The first-order valence-electron chi connectivity index (χ1n) is 6.91. The molecule has 3 nitrogen and oxygen atoms in total. The minimum atomic E-state index is 0.409. The van der Waals surface area contributed by atoms with Crippen molar-refractivity contribution in [3.8, 4) is 0 Å². The molecular weight excluding hydrogens is 224 g/mol. The van der Waals surface area contributed by atoms with Crippen molar-refractivity contribution in [1.82, 2.24) is 10.3 Å². The molecule has 1 aliphatic heterocycles. The van der Waals surface area contributed by atoms with Gasteiger partial charge in [-0.05, 0) is 42.9 Å². The number of hydrogen-bond acceptors (Lipinski definition) is 3. The number of hydrogen-bond donors (Lipinski definition) is 1. The maximum atomic E-state index is 5.79. The van der Waals surface area contributed by atoms with Gasteiger partial charge >= 0.3 is 0 Å². The molecule has 0 spiro atoms. The molecule has 3 heteroatoms. The molecule has 1 aliphatic rings. The average molecular weight is 248 g/mol. The topological polar surface area (TPSA) is 34.2 Å². The van der Waals surface area contributed by atoms with E-state index in [4.69, 9.17) is 4.74 Å². The van der Waals surface area contributed by atoms with E-state index in [1.54, 1.807) is 0 Å². The fraction of sp³-hybridized carbons (Fsp3) is 0.667. The number of pyridine rings is 1. The Morgan fingerprint density at radius 3 is 3.06 bits per heavy atom. The third kappa shape index (κ3) is 3.53. The summed E-state index contributed by atoms with van der Waals surface area (Å²) >= 11 is 0. The number of ether oxygens (including phenoxy) is 1. The van der Waals surface area contributed by atoms with Crippen molar-refractivity contribution in [2.45, 2.75) is 52.3 Å². The van der Waals surface area contributed by atoms with Gasteiger partial charge in [-0.15, -0.1) is 0 Å². The van der Waals surface area contributed by atoms with Gasteiger partial charge in [-0.2, -0.15) is 0 Å². The van der Waals surface area contributed by atoms with Crippen LogP contribution in [0.2, 0.25) is 0 Å². The highest BCUT2D eigenvalue weighted by Crippen LogP contribution is 2.20. The fourth-order valence-corrected chi connectivity index (χ4v) is 2.41. The Morgan fingerprint density at radius 1 is 1.50 bits per heavy atom. The Morgan fingerprint density at radius 2 is 2.33 bits per heavy atom. The summed E-state index contributed by atoms with van der Waals surface area (Å²) in [6.07, 6.45) is 6.45. The molecule has 0 saturated carbocycles. The van der Waals surface area contributed by atoms with E-state index >= 15 is 0 Å². The predicted molar refractivity (Wildman–Crippen MR) is 73.4 cm³/mol. The number of nitrogens with zero attached hydrogens (tertiary/aromatic N) is 1. The molecule has 0 radical (unpaired) electrons. The molecule has 1 aromatic heterocycles. The molecule has 2 heterocycles. The zero-order valence-electron chi connectivity index (χ0n) is 11.6. The molecule has 1 aromatic rings. The van der Waals surface area contributed by atoms with Crippen LogP contribution in [-0.2, 0) is 11.3 Å². The molecule has 0 bridgehead atoms. The first-order valence-corrected chi connectivity index (χ1v) is 6.91. The highest BCUT2D eigenvalue weighted by Gasteiger charge is 2.24. The minimum Gasteiger partial charge on any atom is -0.378 e. The summed E-state index contributed by atoms with van der Waals surface area (Å²) in [7, 11) is 0. The van der Waals surface area contributed by atoms with Gasteiger partial charge in [0.05, 0.1) is 6.10 Å². The van der Waals surface area contributed by atoms with E-state index in [1.807, 2.05) is 12.4 Å². The fourth-order valence-electron chi connectivity index (χ4n) is 2.41. The summed E-state index contributed by atoms with van der Waals surface area (Å²) in [6, 6.07) is 2.64. The van der Waals surface area contributed by atoms with Crippen molar-refractivity contribution in [2.24, 2.45) is 5.92 Å². The lowest BCUT2D eigenvalue weighted by Gasteiger charge is -2.32. The van der Waals surface area contributed by atoms with Gasteiger partial charge in [0.2, 0.25) is 0 Å². The molecule has 0 aliphatic carbocycles. The number of aromatic nitrogens is 1. The maximum Gasteiger partial charge on any atom is 0.0612 e. The zero-order chi connectivity index (χ0) is 13.0. The van der Waals surface area contributed by atoms with Crippen LogP contribution in [0.4, 0.5) is 0 Å². The molecule has 0 amide bonds. The van der Waals surface area contributed by atoms with Crippen molar-refractivity contribution in [1.29, 1.82) is 0 Å². The predicted octanol–water partition coefficient (Wildman–Crippen LogP) is 2.68. The van der Waals surface area contributed by atoms with Crippen LogP contribution in [0.1, 0.15) is 37.8 Å². The number of nitrogens with one attached hydrogen (secondary N) is 1. The monoisotopic (exact) mass is 248 g/mol. The van der Waals surface area contributed by atoms with Gasteiger partial charge in [0.1, 0.15) is 0 Å². The van der Waals surface area contributed by atoms with Crippen LogP contribution >= 0.6 is 0 Å². The first-order chi connectivity index (χ1) is 8.66. The number of rotatable bonds is 4. The third-order valence-corrected chi connectivity index (χ3v) is 3.79. The van der Waals surface area contributed by atoms with E-state index in [0.29, 0.717) is 18.1 Å². The Balaban J connectivity index is 1.85. The van der Waals surface area contributed by atoms with Crippen LogP contribution in [0.25, 0.3) is 0 Å². The van der Waals surface area contributed by atoms with Gasteiger partial charge in [-0.3, -0.25) is 4.98 Å². The normalized spacial score (nSPS) is 24.4. The van der Waals surface area contributed by atoms with Crippen LogP contribution in [0, 0.1) is 12.8 Å². The molecule has 1 fully saturated rings. The summed E-state index contributed by atoms with van der Waals surface area (Å²) in [5, 5.41) is 3.64. The second-order valence-electron chi connectivity index (χ2n) is 5.56. The van der Waals surface area contributed by atoms with Crippen molar-refractivity contribution in [3.05, 3.63) is 29.6 Å². The molecule has 100 valence electrons. The van der Waals surface area contributed by atoms with Crippen molar-refractivity contribution in [3.63, 3.8) is 0 Å². The Bertz CT molecular complexity index is 379. The van der Waals surface area contributed by atoms with E-state index in [9.17, 15) is 0 Å². The SMILES string of the molecule is Cc1ccncc1CNC1CCOC(C(C)C)C1. The molecule has 1 saturated heterocycles. The third-order valence-electron chi connectivity index (χ3n) is 3.79. The average Bonchev–Trinajstić information content (AvgIpc) is 2.38. The number of aryl methyl sites for hydroxylation is 1. The standard InChI is InChI=1S/C15H24N2O/c1-11(2)15-8-14(5-7-18-15)17-10-13-9-16-6-4-12(13)3/h4,6,9,11,14-15,17H,5,7-8,10H2,1-3H3. The summed E-state index contributed by atoms with van der Waals surface area (Å²) in [4.78, 5) is 4.19. The van der Waals surface area contributed by atoms with Gasteiger partial charge < -0.3 is 10.1 Å². The Hall–Kier alpha value is -0.930. The van der Waals surface area contributed by atoms with Crippen LogP contribution in [-0.4, -0.2) is 23.7 Å². The van der Waals surface area contributed by atoms with Crippen LogP contribution in [0.3, 0.4) is 0 Å². The summed E-state index contributed by atoms with van der Waals surface area (Å²) in [6.45, 7) is 8.40. The quantitative estimate of drug-likeness (QED) is 0.889. The van der Waals surface area contributed by atoms with Crippen molar-refractivity contribution >= 4 is 0 Å². The Kier molecular flexibility index (Phi) is 4.72. The van der Waals surface area contributed by atoms with Gasteiger partial charge in [0.25, 0.3) is 0 Å². The van der Waals surface area contributed by atoms with E-state index in [0.717, 1.165) is 26.0 Å². The molecule has 2 unspecified atom stereocenters. The first kappa shape index (κ1) is 13.5. The van der Waals surface area contributed by atoms with Crippen LogP contribution in [0.15, 0.2) is 18.5 Å². The second-order valence-corrected chi connectivity index (χ2v) is 5.56. The highest BCUT2D eigenvalue weighted by molar-refractivity contribution is 5.21. The van der Waals surface area contributed by atoms with Crippen molar-refractivity contribution < 1.29 is 4.74 Å². The smallest absolute Gasteiger partial charge is 0.0612 e. The van der Waals surface area contributed by atoms with Gasteiger partial charge in [-0.1, -0.05) is 13.8 Å². The summed E-state index contributed by atoms with van der Waals surface area (Å²) in [5.74, 6) is 0.606. The lowest BCUT2D eigenvalue weighted by atomic mass is 9.95. The second kappa shape index (κ2) is 6.30. The lowest BCUT2D eigenvalue weighted by Crippen LogP contribution is -2.40. The maximum absolute atomic E-state index is 5.79. The van der Waals surface area contributed by atoms with E-state index in [1.165, 1.54) is 11.1 Å². The lowest BCUT2D eigenvalue weighted by molar-refractivity contribution is -0.0245. The summed E-state index contributed by atoms with van der Waals surface area (Å²) in [5.41, 5.74) is 2.61. The van der Waals surface area contributed by atoms with Gasteiger partial charge in [0, 0.05) is 31.6 Å². The van der Waals surface area contributed by atoms with Gasteiger partial charge in [0.15, 0.2) is 0 Å². The van der Waals surface area contributed by atoms with E-state index < -0.39 is 0 Å². The summed E-state index contributed by atoms with van der Waals surface area (Å²) < 4.78 is 5.79. The van der Waals surface area contributed by atoms with Crippen LogP contribution in [0.5, 0.6) is 0 Å². The Labute approximate surface area is 110 Å². The minimum absolute atomic E-state index is 0.409. The van der Waals surface area contributed by atoms with Gasteiger partial charge in [-0.25, -0.2) is 0 Å². The van der Waals surface area contributed by atoms with Crippen molar-refractivity contribution in [2.75, 3.05) is 6.61 Å². The molecular formula is C15H24N2O. The van der Waals surface area contributed by atoms with E-state index in [2.05, 4.69) is 37.1 Å². The largest absolute Gasteiger partial charge is 0.378 e. The zero-order valence-corrected chi connectivity index (χ0v) is 11.6. The highest BCUT2D eigenvalue weighted by atomic mass is 16.5. The van der Waals surface area contributed by atoms with E-state index in [-0.39, 0.29) is 0 Å². The van der Waals surface area contributed by atoms with Crippen LogP contribution < -0.4 is 5.32 Å². The molecule has 0 aromatic carbocycles. The molecule has 2 atom stereocenters. The molecule has 18 heavy (non-hydrogen) atoms.